The van der Waals surface area contributed by atoms with Crippen LogP contribution in [0.2, 0.25) is 0 Å². The Bertz CT molecular complexity index is 728. The number of hydrogen-bond donors (Lipinski definition) is 1. The average molecular weight is 327 g/mol. The summed E-state index contributed by atoms with van der Waals surface area (Å²) in [5, 5.41) is 7.56. The van der Waals surface area contributed by atoms with Gasteiger partial charge in [-0.05, 0) is 44.9 Å². The monoisotopic (exact) mass is 327 g/mol. The third-order valence-corrected chi connectivity index (χ3v) is 5.35. The summed E-state index contributed by atoms with van der Waals surface area (Å²) in [5.74, 6) is 1.85. The van der Waals surface area contributed by atoms with Gasteiger partial charge in [-0.3, -0.25) is 4.79 Å². The van der Waals surface area contributed by atoms with Crippen LogP contribution >= 0.6 is 0 Å². The number of nitrogens with zero attached hydrogens (tertiary/aromatic N) is 4. The average Bonchev–Trinajstić information content (AvgIpc) is 2.99. The summed E-state index contributed by atoms with van der Waals surface area (Å²) >= 11 is 0. The zero-order valence-electron chi connectivity index (χ0n) is 14.2. The van der Waals surface area contributed by atoms with Crippen LogP contribution in [-0.2, 0) is 4.79 Å². The maximum absolute atomic E-state index is 12.1. The number of nitrogens with one attached hydrogen (secondary N) is 1. The Morgan fingerprint density at radius 1 is 1.29 bits per heavy atom. The lowest BCUT2D eigenvalue weighted by Crippen LogP contribution is -2.41. The molecule has 2 fully saturated rings. The fourth-order valence-electron chi connectivity index (χ4n) is 3.71. The minimum atomic E-state index is 0.243. The molecule has 2 aromatic rings. The van der Waals surface area contributed by atoms with Crippen LogP contribution < -0.4 is 10.2 Å². The molecule has 1 aliphatic carbocycles. The number of rotatable bonds is 4. The van der Waals surface area contributed by atoms with E-state index in [1.54, 1.807) is 6.20 Å². The van der Waals surface area contributed by atoms with Gasteiger partial charge in [-0.25, -0.2) is 4.98 Å². The molecule has 3 heterocycles. The highest BCUT2D eigenvalue weighted by molar-refractivity contribution is 5.76. The molecule has 1 saturated carbocycles. The summed E-state index contributed by atoms with van der Waals surface area (Å²) in [7, 11) is 0. The van der Waals surface area contributed by atoms with Crippen molar-refractivity contribution in [2.24, 2.45) is 5.92 Å². The molecule has 4 rings (SSSR count). The lowest BCUT2D eigenvalue weighted by molar-refractivity contribution is -0.123. The van der Waals surface area contributed by atoms with Crippen LogP contribution in [0.5, 0.6) is 0 Å². The van der Waals surface area contributed by atoms with Crippen molar-refractivity contribution >= 4 is 17.4 Å². The number of anilines is 1. The van der Waals surface area contributed by atoms with E-state index in [0.717, 1.165) is 55.9 Å². The predicted octanol–water partition coefficient (Wildman–Crippen LogP) is 2.31. The van der Waals surface area contributed by atoms with E-state index >= 15 is 0 Å². The molecule has 0 spiro atoms. The third kappa shape index (κ3) is 3.09. The van der Waals surface area contributed by atoms with Gasteiger partial charge < -0.3 is 10.2 Å². The fraction of sp³-hybridized carbons (Fsp3) is 0.611. The van der Waals surface area contributed by atoms with E-state index in [9.17, 15) is 4.79 Å². The number of fused-ring (bicyclic) bond motifs is 1. The standard InChI is InChI=1S/C18H25N5O/c1-13-11-18(23-16(20-13)5-8-19-23)22-9-6-14(7-10-22)12-17(24)21-15-3-2-4-15/h5,8,11,14-15H,2-4,6-7,9-10,12H2,1H3,(H,21,24). The SMILES string of the molecule is Cc1cc(N2CCC(CC(=O)NC3CCC3)CC2)n2nccc2n1. The van der Waals surface area contributed by atoms with Crippen molar-refractivity contribution in [1.82, 2.24) is 19.9 Å². The van der Waals surface area contributed by atoms with Gasteiger partial charge in [0.2, 0.25) is 5.91 Å². The topological polar surface area (TPSA) is 62.5 Å². The number of aryl methyl sites for hydroxylation is 1. The van der Waals surface area contributed by atoms with Crippen molar-refractivity contribution in [3.05, 3.63) is 24.0 Å². The van der Waals surface area contributed by atoms with E-state index in [-0.39, 0.29) is 5.91 Å². The van der Waals surface area contributed by atoms with Gasteiger partial charge in [0, 0.05) is 43.4 Å². The molecule has 0 unspecified atom stereocenters. The Kier molecular flexibility index (Phi) is 4.12. The van der Waals surface area contributed by atoms with Crippen LogP contribution in [0.3, 0.4) is 0 Å². The molecule has 0 aromatic carbocycles. The van der Waals surface area contributed by atoms with Crippen molar-refractivity contribution in [2.75, 3.05) is 18.0 Å². The van der Waals surface area contributed by atoms with E-state index in [4.69, 9.17) is 0 Å². The van der Waals surface area contributed by atoms with Crippen LogP contribution in [-0.4, -0.2) is 39.6 Å². The number of aromatic nitrogens is 3. The Balaban J connectivity index is 1.36. The van der Waals surface area contributed by atoms with Crippen LogP contribution in [0.25, 0.3) is 5.65 Å². The molecule has 2 aromatic heterocycles. The van der Waals surface area contributed by atoms with E-state index in [1.807, 2.05) is 17.5 Å². The summed E-state index contributed by atoms with van der Waals surface area (Å²) in [5.41, 5.74) is 1.91. The number of carbonyl (C=O) groups excluding carboxylic acids is 1. The van der Waals surface area contributed by atoms with Crippen molar-refractivity contribution < 1.29 is 4.79 Å². The molecule has 128 valence electrons. The minimum absolute atomic E-state index is 0.243. The highest BCUT2D eigenvalue weighted by Crippen LogP contribution is 2.26. The Morgan fingerprint density at radius 2 is 2.08 bits per heavy atom. The number of amides is 1. The fourth-order valence-corrected chi connectivity index (χ4v) is 3.71. The summed E-state index contributed by atoms with van der Waals surface area (Å²) < 4.78 is 1.91. The molecule has 2 aliphatic rings. The lowest BCUT2D eigenvalue weighted by Gasteiger charge is -2.34. The molecule has 1 saturated heterocycles. The molecule has 6 heteroatoms. The van der Waals surface area contributed by atoms with Crippen molar-refractivity contribution in [3.8, 4) is 0 Å². The van der Waals surface area contributed by atoms with Crippen LogP contribution in [0.4, 0.5) is 5.82 Å². The van der Waals surface area contributed by atoms with Gasteiger partial charge in [0.05, 0.1) is 6.20 Å². The molecule has 1 aliphatic heterocycles. The van der Waals surface area contributed by atoms with Crippen LogP contribution in [0.1, 0.15) is 44.2 Å². The van der Waals surface area contributed by atoms with Crippen LogP contribution in [0.15, 0.2) is 18.3 Å². The zero-order valence-corrected chi connectivity index (χ0v) is 14.2. The molecule has 6 nitrogen and oxygen atoms in total. The molecule has 0 bridgehead atoms. The first-order valence-corrected chi connectivity index (χ1v) is 9.05. The smallest absolute Gasteiger partial charge is 0.220 e. The van der Waals surface area contributed by atoms with Crippen molar-refractivity contribution in [1.29, 1.82) is 0 Å². The molecule has 0 radical (unpaired) electrons. The highest BCUT2D eigenvalue weighted by atomic mass is 16.1. The zero-order chi connectivity index (χ0) is 16.5. The largest absolute Gasteiger partial charge is 0.356 e. The van der Waals surface area contributed by atoms with E-state index < -0.39 is 0 Å². The molecule has 24 heavy (non-hydrogen) atoms. The van der Waals surface area contributed by atoms with Crippen molar-refractivity contribution in [2.45, 2.75) is 51.5 Å². The van der Waals surface area contributed by atoms with Crippen LogP contribution in [0, 0.1) is 12.8 Å². The maximum Gasteiger partial charge on any atom is 0.220 e. The second kappa shape index (κ2) is 6.42. The summed E-state index contributed by atoms with van der Waals surface area (Å²) in [4.78, 5) is 19.0. The van der Waals surface area contributed by atoms with Gasteiger partial charge in [-0.2, -0.15) is 9.61 Å². The summed E-state index contributed by atoms with van der Waals surface area (Å²) in [6.07, 6.45) is 8.16. The van der Waals surface area contributed by atoms with E-state index in [2.05, 4.69) is 26.4 Å². The first-order valence-electron chi connectivity index (χ1n) is 9.05. The first kappa shape index (κ1) is 15.4. The highest BCUT2D eigenvalue weighted by Gasteiger charge is 2.25. The first-order chi connectivity index (χ1) is 11.7. The lowest BCUT2D eigenvalue weighted by atomic mass is 9.90. The second-order valence-corrected chi connectivity index (χ2v) is 7.19. The summed E-state index contributed by atoms with van der Waals surface area (Å²) in [6, 6.07) is 4.49. The van der Waals surface area contributed by atoms with E-state index in [0.29, 0.717) is 18.4 Å². The minimum Gasteiger partial charge on any atom is -0.356 e. The molecular formula is C18H25N5O. The van der Waals surface area contributed by atoms with Crippen molar-refractivity contribution in [3.63, 3.8) is 0 Å². The molecule has 1 N–H and O–H groups in total. The van der Waals surface area contributed by atoms with E-state index in [1.165, 1.54) is 6.42 Å². The van der Waals surface area contributed by atoms with Gasteiger partial charge >= 0.3 is 0 Å². The molecule has 1 amide bonds. The predicted molar refractivity (Wildman–Crippen MR) is 93.1 cm³/mol. The Labute approximate surface area is 142 Å². The van der Waals surface area contributed by atoms with Gasteiger partial charge in [0.25, 0.3) is 0 Å². The molecular weight excluding hydrogens is 302 g/mol. The van der Waals surface area contributed by atoms with Gasteiger partial charge in [0.15, 0.2) is 5.65 Å². The number of piperidine rings is 1. The maximum atomic E-state index is 12.1. The van der Waals surface area contributed by atoms with Gasteiger partial charge in [-0.1, -0.05) is 0 Å². The quantitative estimate of drug-likeness (QED) is 0.936. The Morgan fingerprint density at radius 3 is 2.79 bits per heavy atom. The molecule has 0 atom stereocenters. The Hall–Kier alpha value is -2.11. The summed E-state index contributed by atoms with van der Waals surface area (Å²) in [6.45, 7) is 3.97. The van der Waals surface area contributed by atoms with Gasteiger partial charge in [0.1, 0.15) is 5.82 Å². The third-order valence-electron chi connectivity index (χ3n) is 5.35. The number of hydrogen-bond acceptors (Lipinski definition) is 4. The normalized spacial score (nSPS) is 19.5. The number of carbonyl (C=O) groups is 1. The second-order valence-electron chi connectivity index (χ2n) is 7.19. The van der Waals surface area contributed by atoms with Gasteiger partial charge in [-0.15, -0.1) is 0 Å².